The van der Waals surface area contributed by atoms with Crippen molar-refractivity contribution < 1.29 is 9.84 Å². The van der Waals surface area contributed by atoms with Crippen LogP contribution < -0.4 is 0 Å². The number of rotatable bonds is 2. The van der Waals surface area contributed by atoms with Crippen LogP contribution in [0.4, 0.5) is 0 Å². The maximum atomic E-state index is 9.39. The van der Waals surface area contributed by atoms with Gasteiger partial charge >= 0.3 is 0 Å². The molecule has 2 aliphatic heterocycles. The molecule has 0 bridgehead atoms. The van der Waals surface area contributed by atoms with Crippen LogP contribution in [0.25, 0.3) is 0 Å². The minimum atomic E-state index is 0.176. The molecule has 0 saturated carbocycles. The Morgan fingerprint density at radius 2 is 2.29 bits per heavy atom. The van der Waals surface area contributed by atoms with E-state index in [4.69, 9.17) is 4.74 Å². The highest BCUT2D eigenvalue weighted by Gasteiger charge is 2.27. The molecule has 4 heteroatoms. The molecule has 17 heavy (non-hydrogen) atoms. The van der Waals surface area contributed by atoms with Crippen LogP contribution in [0.15, 0.2) is 6.20 Å². The Labute approximate surface area is 102 Å². The summed E-state index contributed by atoms with van der Waals surface area (Å²) in [6.07, 6.45) is 7.81. The van der Waals surface area contributed by atoms with Gasteiger partial charge in [0.1, 0.15) is 11.9 Å². The van der Waals surface area contributed by atoms with Gasteiger partial charge in [0.15, 0.2) is 0 Å². The monoisotopic (exact) mass is 236 g/mol. The molecule has 94 valence electrons. The Morgan fingerprint density at radius 3 is 3.06 bits per heavy atom. The number of imidazole rings is 1. The highest BCUT2D eigenvalue weighted by Crippen LogP contribution is 2.33. The second-order valence-electron chi connectivity index (χ2n) is 5.07. The van der Waals surface area contributed by atoms with Crippen molar-refractivity contribution >= 4 is 0 Å². The molecule has 0 aliphatic carbocycles. The molecular weight excluding hydrogens is 216 g/mol. The third-order valence-corrected chi connectivity index (χ3v) is 3.96. The Kier molecular flexibility index (Phi) is 3.16. The average Bonchev–Trinajstić information content (AvgIpc) is 2.83. The number of nitrogens with zero attached hydrogens (tertiary/aromatic N) is 2. The van der Waals surface area contributed by atoms with Crippen molar-refractivity contribution in [1.82, 2.24) is 9.55 Å². The molecule has 3 rings (SSSR count). The van der Waals surface area contributed by atoms with Crippen LogP contribution in [-0.4, -0.2) is 27.9 Å². The number of hydrogen-bond acceptors (Lipinski definition) is 3. The van der Waals surface area contributed by atoms with E-state index >= 15 is 0 Å². The van der Waals surface area contributed by atoms with Crippen molar-refractivity contribution in [2.24, 2.45) is 0 Å². The zero-order valence-corrected chi connectivity index (χ0v) is 10.1. The summed E-state index contributed by atoms with van der Waals surface area (Å²) in [7, 11) is 0. The first kappa shape index (κ1) is 11.2. The zero-order chi connectivity index (χ0) is 11.7. The van der Waals surface area contributed by atoms with Crippen molar-refractivity contribution in [3.05, 3.63) is 17.7 Å². The van der Waals surface area contributed by atoms with Crippen LogP contribution in [0.5, 0.6) is 0 Å². The lowest BCUT2D eigenvalue weighted by atomic mass is 9.97. The first-order valence-electron chi connectivity index (χ1n) is 6.68. The van der Waals surface area contributed by atoms with E-state index in [1.165, 1.54) is 18.5 Å². The molecule has 3 heterocycles. The van der Waals surface area contributed by atoms with E-state index in [0.717, 1.165) is 38.2 Å². The highest BCUT2D eigenvalue weighted by molar-refractivity contribution is 5.15. The number of hydrogen-bond donors (Lipinski definition) is 1. The van der Waals surface area contributed by atoms with E-state index in [1.807, 2.05) is 6.20 Å². The second-order valence-corrected chi connectivity index (χ2v) is 5.07. The molecule has 0 aromatic carbocycles. The lowest BCUT2D eigenvalue weighted by Gasteiger charge is -2.27. The van der Waals surface area contributed by atoms with Crippen molar-refractivity contribution in [2.45, 2.75) is 50.7 Å². The lowest BCUT2D eigenvalue weighted by Crippen LogP contribution is -2.22. The van der Waals surface area contributed by atoms with E-state index < -0.39 is 0 Å². The van der Waals surface area contributed by atoms with Gasteiger partial charge in [-0.1, -0.05) is 0 Å². The number of fused-ring (bicyclic) bond motifs is 1. The highest BCUT2D eigenvalue weighted by atomic mass is 16.5. The number of aliphatic hydroxyl groups is 1. The molecule has 2 unspecified atom stereocenters. The van der Waals surface area contributed by atoms with Crippen LogP contribution in [0.2, 0.25) is 0 Å². The maximum Gasteiger partial charge on any atom is 0.138 e. The van der Waals surface area contributed by atoms with Gasteiger partial charge in [-0.2, -0.15) is 0 Å². The summed E-state index contributed by atoms with van der Waals surface area (Å²) in [5, 5.41) is 9.39. The van der Waals surface area contributed by atoms with E-state index in [0.29, 0.717) is 0 Å². The first-order chi connectivity index (χ1) is 8.40. The second kappa shape index (κ2) is 4.78. The largest absolute Gasteiger partial charge is 0.396 e. The van der Waals surface area contributed by atoms with Gasteiger partial charge < -0.3 is 14.4 Å². The third kappa shape index (κ3) is 2.00. The summed E-state index contributed by atoms with van der Waals surface area (Å²) in [5.74, 6) is 1.35. The Bertz CT molecular complexity index is 383. The van der Waals surface area contributed by atoms with Crippen LogP contribution in [0, 0.1) is 0 Å². The van der Waals surface area contributed by atoms with Gasteiger partial charge in [-0.05, 0) is 32.1 Å². The van der Waals surface area contributed by atoms with Crippen LogP contribution in [0.1, 0.15) is 55.6 Å². The van der Waals surface area contributed by atoms with Crippen LogP contribution in [0.3, 0.4) is 0 Å². The summed E-state index contributed by atoms with van der Waals surface area (Å²) in [5.41, 5.74) is 1.20. The van der Waals surface area contributed by atoms with E-state index in [9.17, 15) is 5.11 Å². The number of aliphatic hydroxyl groups excluding tert-OH is 1. The molecule has 1 saturated heterocycles. The summed E-state index contributed by atoms with van der Waals surface area (Å²) in [6.45, 7) is 2.12. The number of aromatic nitrogens is 2. The minimum Gasteiger partial charge on any atom is -0.396 e. The van der Waals surface area contributed by atoms with Gasteiger partial charge in [0.25, 0.3) is 0 Å². The predicted octanol–water partition coefficient (Wildman–Crippen LogP) is 1.99. The standard InChI is InChI=1S/C13H20N2O2/c16-9-10-4-3-6-15-11(10)8-14-13(15)12-5-1-2-7-17-12/h8,10,12,16H,1-7,9H2. The van der Waals surface area contributed by atoms with E-state index in [1.54, 1.807) is 0 Å². The van der Waals surface area contributed by atoms with Gasteiger partial charge in [-0.15, -0.1) is 0 Å². The fourth-order valence-corrected chi connectivity index (χ4v) is 3.00. The average molecular weight is 236 g/mol. The molecular formula is C13H20N2O2. The Balaban J connectivity index is 1.88. The van der Waals surface area contributed by atoms with Crippen LogP contribution in [-0.2, 0) is 11.3 Å². The van der Waals surface area contributed by atoms with Gasteiger partial charge in [0.2, 0.25) is 0 Å². The van der Waals surface area contributed by atoms with E-state index in [-0.39, 0.29) is 18.6 Å². The molecule has 2 atom stereocenters. The van der Waals surface area contributed by atoms with Crippen molar-refractivity contribution in [3.63, 3.8) is 0 Å². The molecule has 2 aliphatic rings. The topological polar surface area (TPSA) is 47.3 Å². The molecule has 1 fully saturated rings. The first-order valence-corrected chi connectivity index (χ1v) is 6.68. The molecule has 4 nitrogen and oxygen atoms in total. The molecule has 1 N–H and O–H groups in total. The summed E-state index contributed by atoms with van der Waals surface area (Å²) >= 11 is 0. The molecule has 1 aromatic rings. The quantitative estimate of drug-likeness (QED) is 0.854. The summed E-state index contributed by atoms with van der Waals surface area (Å²) in [4.78, 5) is 4.55. The van der Waals surface area contributed by atoms with Crippen molar-refractivity contribution in [2.75, 3.05) is 13.2 Å². The zero-order valence-electron chi connectivity index (χ0n) is 10.1. The molecule has 0 radical (unpaired) electrons. The van der Waals surface area contributed by atoms with Crippen molar-refractivity contribution in [1.29, 1.82) is 0 Å². The van der Waals surface area contributed by atoms with E-state index in [2.05, 4.69) is 9.55 Å². The Hall–Kier alpha value is -0.870. The number of ether oxygens (including phenoxy) is 1. The predicted molar refractivity (Wildman–Crippen MR) is 63.8 cm³/mol. The van der Waals surface area contributed by atoms with Crippen molar-refractivity contribution in [3.8, 4) is 0 Å². The minimum absolute atomic E-state index is 0.176. The van der Waals surface area contributed by atoms with Gasteiger partial charge in [-0.25, -0.2) is 4.98 Å². The smallest absolute Gasteiger partial charge is 0.138 e. The van der Waals surface area contributed by atoms with Crippen LogP contribution >= 0.6 is 0 Å². The molecule has 0 amide bonds. The summed E-state index contributed by atoms with van der Waals surface area (Å²) < 4.78 is 8.09. The van der Waals surface area contributed by atoms with Gasteiger partial charge in [0, 0.05) is 31.0 Å². The fourth-order valence-electron chi connectivity index (χ4n) is 3.00. The lowest BCUT2D eigenvalue weighted by molar-refractivity contribution is 0.00676. The van der Waals surface area contributed by atoms with Gasteiger partial charge in [-0.3, -0.25) is 0 Å². The summed E-state index contributed by atoms with van der Waals surface area (Å²) in [6, 6.07) is 0. The molecule has 0 spiro atoms. The Morgan fingerprint density at radius 1 is 1.35 bits per heavy atom. The van der Waals surface area contributed by atoms with Gasteiger partial charge in [0.05, 0.1) is 6.61 Å². The maximum absolute atomic E-state index is 9.39. The fraction of sp³-hybridized carbons (Fsp3) is 0.769. The molecule has 1 aromatic heterocycles. The SMILES string of the molecule is OCC1CCCn2c1cnc2C1CCCCO1. The third-order valence-electron chi connectivity index (χ3n) is 3.96. The normalized spacial score (nSPS) is 29.0.